The van der Waals surface area contributed by atoms with Crippen molar-refractivity contribution < 1.29 is 33.6 Å². The van der Waals surface area contributed by atoms with Crippen LogP contribution in [0.1, 0.15) is 96.0 Å². The van der Waals surface area contributed by atoms with E-state index in [0.717, 1.165) is 32.1 Å². The number of ketones is 1. The fourth-order valence-corrected chi connectivity index (χ4v) is 7.25. The van der Waals surface area contributed by atoms with Gasteiger partial charge >= 0.3 is 6.03 Å². The normalized spacial score (nSPS) is 20.1. The number of rotatable bonds is 15. The summed E-state index contributed by atoms with van der Waals surface area (Å²) in [7, 11) is 0. The molecule has 1 saturated heterocycles. The smallest absolute Gasteiger partial charge is 0.321 e. The van der Waals surface area contributed by atoms with Crippen LogP contribution < -0.4 is 31.9 Å². The minimum Gasteiger partial charge on any atom is -0.349 e. The number of likely N-dealkylation sites (tertiary alicyclic amines) is 1. The Labute approximate surface area is 327 Å². The van der Waals surface area contributed by atoms with Crippen LogP contribution in [0.15, 0.2) is 48.9 Å². The van der Waals surface area contributed by atoms with Crippen LogP contribution in [0.2, 0.25) is 0 Å². The molecule has 56 heavy (non-hydrogen) atoms. The molecule has 0 radical (unpaired) electrons. The standard InChI is InChI=1S/C40H55N9O7/c1-5-12-28(32(50)37(54)43-26-17-18-26)45-34(51)27-22-49(39(56)44-25-15-10-7-11-16-25)23-30(27)46-38(55)33(40(2,3)4)48-36(53)31(24-13-8-6-9-14-24)47-35(52)29-21-41-19-20-42-29/h7,10-11,15-16,19-21,24,26-28,30-31,33H,5-6,8-9,12-14,17-18,22-23H2,1-4H3,(H,43,54)(H,44,56)(H,45,51)(H,46,55)(H,47,52)(H,48,53)/t27-,28?,30?,31+,33?/m1/s1. The number of nitrogens with one attached hydrogen (secondary N) is 6. The van der Waals surface area contributed by atoms with Crippen LogP contribution in [-0.2, 0) is 24.0 Å². The first-order valence-electron chi connectivity index (χ1n) is 19.7. The summed E-state index contributed by atoms with van der Waals surface area (Å²) in [5, 5.41) is 16.9. The molecule has 302 valence electrons. The molecule has 16 heteroatoms. The molecule has 2 aromatic rings. The van der Waals surface area contributed by atoms with Gasteiger partial charge in [0.25, 0.3) is 11.8 Å². The maximum absolute atomic E-state index is 14.3. The summed E-state index contributed by atoms with van der Waals surface area (Å²) >= 11 is 0. The Kier molecular flexibility index (Phi) is 14.1. The zero-order valence-corrected chi connectivity index (χ0v) is 32.6. The van der Waals surface area contributed by atoms with Gasteiger partial charge in [-0.05, 0) is 55.6 Å². The van der Waals surface area contributed by atoms with Crippen LogP contribution in [0, 0.1) is 17.3 Å². The van der Waals surface area contributed by atoms with Gasteiger partial charge < -0.3 is 36.8 Å². The van der Waals surface area contributed by atoms with Gasteiger partial charge in [-0.1, -0.05) is 71.6 Å². The van der Waals surface area contributed by atoms with Crippen molar-refractivity contribution in [3.63, 3.8) is 0 Å². The van der Waals surface area contributed by atoms with Crippen molar-refractivity contribution in [2.75, 3.05) is 18.4 Å². The lowest BCUT2D eigenvalue weighted by Crippen LogP contribution is -2.61. The zero-order valence-electron chi connectivity index (χ0n) is 32.6. The van der Waals surface area contributed by atoms with E-state index < -0.39 is 76.9 Å². The van der Waals surface area contributed by atoms with E-state index >= 15 is 0 Å². The summed E-state index contributed by atoms with van der Waals surface area (Å²) in [5.74, 6) is -4.95. The maximum atomic E-state index is 14.3. The molecule has 2 aliphatic carbocycles. The third-order valence-corrected chi connectivity index (χ3v) is 10.5. The molecule has 7 amide bonds. The highest BCUT2D eigenvalue weighted by atomic mass is 16.2. The Morgan fingerprint density at radius 3 is 2.18 bits per heavy atom. The third-order valence-electron chi connectivity index (χ3n) is 10.5. The monoisotopic (exact) mass is 773 g/mol. The van der Waals surface area contributed by atoms with E-state index in [9.17, 15) is 33.6 Å². The minimum absolute atomic E-state index is 0.0424. The molecule has 3 aliphatic rings. The number of nitrogens with zero attached hydrogens (tertiary/aromatic N) is 3. The van der Waals surface area contributed by atoms with Crippen molar-refractivity contribution in [1.82, 2.24) is 41.5 Å². The number of carbonyl (C=O) groups is 7. The van der Waals surface area contributed by atoms with Crippen molar-refractivity contribution in [3.05, 3.63) is 54.6 Å². The molecular formula is C40H55N9O7. The molecule has 0 bridgehead atoms. The van der Waals surface area contributed by atoms with E-state index in [1.807, 2.05) is 13.0 Å². The fraction of sp³-hybridized carbons (Fsp3) is 0.575. The Morgan fingerprint density at radius 1 is 0.839 bits per heavy atom. The van der Waals surface area contributed by atoms with Gasteiger partial charge in [0.2, 0.25) is 23.5 Å². The molecule has 1 aromatic heterocycles. The topological polar surface area (TPSA) is 221 Å². The highest BCUT2D eigenvalue weighted by Crippen LogP contribution is 2.28. The Balaban J connectivity index is 1.35. The van der Waals surface area contributed by atoms with E-state index in [2.05, 4.69) is 41.9 Å². The van der Waals surface area contributed by atoms with Crippen molar-refractivity contribution in [2.24, 2.45) is 17.3 Å². The summed E-state index contributed by atoms with van der Waals surface area (Å²) in [6.45, 7) is 7.05. The number of benzene rings is 1. The number of para-hydroxylation sites is 1. The molecule has 5 atom stereocenters. The molecule has 1 aromatic carbocycles. The van der Waals surface area contributed by atoms with Crippen molar-refractivity contribution in [1.29, 1.82) is 0 Å². The Morgan fingerprint density at radius 2 is 1.55 bits per heavy atom. The Bertz CT molecular complexity index is 1730. The van der Waals surface area contributed by atoms with Crippen LogP contribution in [-0.4, -0.2) is 99.5 Å². The highest BCUT2D eigenvalue weighted by Gasteiger charge is 2.45. The average Bonchev–Trinajstić information content (AvgIpc) is 3.90. The first-order valence-corrected chi connectivity index (χ1v) is 19.7. The Hall–Kier alpha value is -5.41. The van der Waals surface area contributed by atoms with E-state index in [1.165, 1.54) is 23.5 Å². The van der Waals surface area contributed by atoms with Gasteiger partial charge in [-0.2, -0.15) is 0 Å². The van der Waals surface area contributed by atoms with Crippen molar-refractivity contribution in [2.45, 2.75) is 116 Å². The number of hydrogen-bond acceptors (Lipinski definition) is 9. The van der Waals surface area contributed by atoms with Gasteiger partial charge in [-0.3, -0.25) is 33.8 Å². The summed E-state index contributed by atoms with van der Waals surface area (Å²) < 4.78 is 0. The second-order valence-corrected chi connectivity index (χ2v) is 16.1. The fourth-order valence-electron chi connectivity index (χ4n) is 7.25. The van der Waals surface area contributed by atoms with E-state index in [1.54, 1.807) is 45.0 Å². The molecular weight excluding hydrogens is 718 g/mol. The number of Topliss-reactive ketones (excluding diaryl/α,β-unsaturated/α-hetero) is 1. The van der Waals surface area contributed by atoms with Gasteiger partial charge in [-0.25, -0.2) is 9.78 Å². The number of aromatic nitrogens is 2. The van der Waals surface area contributed by atoms with Crippen LogP contribution in [0.5, 0.6) is 0 Å². The quantitative estimate of drug-likeness (QED) is 0.146. The predicted molar refractivity (Wildman–Crippen MR) is 207 cm³/mol. The number of amides is 7. The number of urea groups is 1. The summed E-state index contributed by atoms with van der Waals surface area (Å²) in [4.78, 5) is 104. The highest BCUT2D eigenvalue weighted by molar-refractivity contribution is 6.38. The second-order valence-electron chi connectivity index (χ2n) is 16.1. The molecule has 0 spiro atoms. The lowest BCUT2D eigenvalue weighted by molar-refractivity contribution is -0.140. The van der Waals surface area contributed by atoms with Gasteiger partial charge in [0.05, 0.1) is 24.2 Å². The maximum Gasteiger partial charge on any atom is 0.321 e. The minimum atomic E-state index is -1.12. The number of anilines is 1. The summed E-state index contributed by atoms with van der Waals surface area (Å²) in [6, 6.07) is 4.17. The second kappa shape index (κ2) is 19.0. The molecule has 3 fully saturated rings. The summed E-state index contributed by atoms with van der Waals surface area (Å²) in [6.07, 6.45) is 10.7. The van der Waals surface area contributed by atoms with Crippen LogP contribution in [0.25, 0.3) is 0 Å². The molecule has 2 saturated carbocycles. The average molecular weight is 774 g/mol. The molecule has 6 N–H and O–H groups in total. The van der Waals surface area contributed by atoms with Crippen molar-refractivity contribution in [3.8, 4) is 0 Å². The molecule has 1 aliphatic heterocycles. The SMILES string of the molecule is CCCC(NC(=O)[C@@H]1CN(C(=O)Nc2ccccc2)CC1NC(=O)C(NC(=O)[C@@H](NC(=O)c1cnccn1)C1CCCCC1)C(C)(C)C)C(=O)C(=O)NC1CC1. The van der Waals surface area contributed by atoms with Gasteiger partial charge in [-0.15, -0.1) is 0 Å². The largest absolute Gasteiger partial charge is 0.349 e. The van der Waals surface area contributed by atoms with Crippen LogP contribution >= 0.6 is 0 Å². The van der Waals surface area contributed by atoms with Crippen molar-refractivity contribution >= 4 is 47.0 Å². The molecule has 16 nitrogen and oxygen atoms in total. The van der Waals surface area contributed by atoms with E-state index in [4.69, 9.17) is 0 Å². The molecule has 5 rings (SSSR count). The first-order chi connectivity index (χ1) is 26.7. The van der Waals surface area contributed by atoms with E-state index in [-0.39, 0.29) is 37.2 Å². The molecule has 3 unspecified atom stereocenters. The number of hydrogen-bond donors (Lipinski definition) is 6. The van der Waals surface area contributed by atoms with Gasteiger partial charge in [0.1, 0.15) is 17.8 Å². The van der Waals surface area contributed by atoms with E-state index in [0.29, 0.717) is 24.9 Å². The zero-order chi connectivity index (χ0) is 40.4. The third kappa shape index (κ3) is 11.3. The predicted octanol–water partition coefficient (Wildman–Crippen LogP) is 2.47. The molecule has 2 heterocycles. The van der Waals surface area contributed by atoms with Crippen LogP contribution in [0.4, 0.5) is 10.5 Å². The number of carbonyl (C=O) groups excluding carboxylic acids is 7. The van der Waals surface area contributed by atoms with Crippen LogP contribution in [0.3, 0.4) is 0 Å². The lowest BCUT2D eigenvalue weighted by Gasteiger charge is -2.35. The van der Waals surface area contributed by atoms with Gasteiger partial charge in [0, 0.05) is 37.2 Å². The lowest BCUT2D eigenvalue weighted by atomic mass is 9.82. The van der Waals surface area contributed by atoms with Gasteiger partial charge in [0.15, 0.2) is 0 Å². The first kappa shape index (κ1) is 41.7. The summed E-state index contributed by atoms with van der Waals surface area (Å²) in [5.41, 5.74) is -0.236.